The van der Waals surface area contributed by atoms with E-state index in [0.717, 1.165) is 26.1 Å². The fourth-order valence-corrected chi connectivity index (χ4v) is 2.97. The van der Waals surface area contributed by atoms with Gasteiger partial charge in [-0.1, -0.05) is 54.6 Å². The quantitative estimate of drug-likeness (QED) is 0.887. The molecule has 1 aliphatic heterocycles. The van der Waals surface area contributed by atoms with E-state index >= 15 is 0 Å². The van der Waals surface area contributed by atoms with E-state index in [2.05, 4.69) is 34.5 Å². The number of carbonyl (C=O) groups is 1. The van der Waals surface area contributed by atoms with Crippen molar-refractivity contribution in [2.45, 2.75) is 19.1 Å². The number of nitrogens with zero attached hydrogens (tertiary/aromatic N) is 1. The summed E-state index contributed by atoms with van der Waals surface area (Å²) in [6.45, 7) is 3.27. The van der Waals surface area contributed by atoms with Crippen molar-refractivity contribution < 1.29 is 9.90 Å². The Balaban J connectivity index is 1.46. The van der Waals surface area contributed by atoms with Crippen molar-refractivity contribution in [3.8, 4) is 0 Å². The van der Waals surface area contributed by atoms with Gasteiger partial charge in [0, 0.05) is 26.2 Å². The molecule has 4 heteroatoms. The predicted molar refractivity (Wildman–Crippen MR) is 89.8 cm³/mol. The Bertz CT molecular complexity index is 657. The van der Waals surface area contributed by atoms with Gasteiger partial charge in [0.15, 0.2) is 6.10 Å². The maximum Gasteiger partial charge on any atom is 0.253 e. The molecule has 0 saturated heterocycles. The van der Waals surface area contributed by atoms with Gasteiger partial charge in [-0.3, -0.25) is 9.69 Å². The van der Waals surface area contributed by atoms with Crippen molar-refractivity contribution in [2.24, 2.45) is 0 Å². The molecule has 23 heavy (non-hydrogen) atoms. The minimum absolute atomic E-state index is 0.339. The average molecular weight is 310 g/mol. The average Bonchev–Trinajstić information content (AvgIpc) is 2.61. The third kappa shape index (κ3) is 3.97. The van der Waals surface area contributed by atoms with Gasteiger partial charge in [-0.2, -0.15) is 0 Å². The van der Waals surface area contributed by atoms with E-state index in [1.54, 1.807) is 12.1 Å². The molecule has 120 valence electrons. The van der Waals surface area contributed by atoms with Crippen molar-refractivity contribution in [2.75, 3.05) is 19.6 Å². The number of hydrogen-bond donors (Lipinski definition) is 2. The van der Waals surface area contributed by atoms with Gasteiger partial charge in [0.05, 0.1) is 0 Å². The first kappa shape index (κ1) is 15.7. The summed E-state index contributed by atoms with van der Waals surface area (Å²) in [5.74, 6) is -0.339. The number of nitrogens with one attached hydrogen (secondary N) is 1. The molecule has 3 rings (SSSR count). The molecule has 1 aliphatic rings. The van der Waals surface area contributed by atoms with Crippen LogP contribution in [0, 0.1) is 0 Å². The standard InChI is InChI=1S/C19H22N2O2/c22-18(16-7-2-1-3-8-16)19(23)20-11-13-21-12-10-15-6-4-5-9-17(15)14-21/h1-9,18,22H,10-14H2,(H,20,23). The van der Waals surface area contributed by atoms with E-state index in [1.165, 1.54) is 11.1 Å². The zero-order valence-electron chi connectivity index (χ0n) is 13.1. The summed E-state index contributed by atoms with van der Waals surface area (Å²) in [6, 6.07) is 17.5. The lowest BCUT2D eigenvalue weighted by atomic mass is 10.00. The number of rotatable bonds is 5. The molecule has 0 aliphatic carbocycles. The Hall–Kier alpha value is -2.17. The molecule has 4 nitrogen and oxygen atoms in total. The minimum Gasteiger partial charge on any atom is -0.378 e. The number of aliphatic hydroxyl groups is 1. The number of amides is 1. The van der Waals surface area contributed by atoms with Crippen molar-refractivity contribution >= 4 is 5.91 Å². The number of fused-ring (bicyclic) bond motifs is 1. The van der Waals surface area contributed by atoms with Gasteiger partial charge in [-0.25, -0.2) is 0 Å². The summed E-state index contributed by atoms with van der Waals surface area (Å²) < 4.78 is 0. The molecular formula is C19H22N2O2. The van der Waals surface area contributed by atoms with Gasteiger partial charge in [0.1, 0.15) is 0 Å². The highest BCUT2D eigenvalue weighted by molar-refractivity contribution is 5.81. The summed E-state index contributed by atoms with van der Waals surface area (Å²) in [7, 11) is 0. The number of benzene rings is 2. The highest BCUT2D eigenvalue weighted by Crippen LogP contribution is 2.18. The molecule has 2 aromatic carbocycles. The molecular weight excluding hydrogens is 288 g/mol. The van der Waals surface area contributed by atoms with Crippen LogP contribution in [0.15, 0.2) is 54.6 Å². The molecule has 0 bridgehead atoms. The van der Waals surface area contributed by atoms with Gasteiger partial charge in [0.2, 0.25) is 0 Å². The molecule has 0 spiro atoms. The van der Waals surface area contributed by atoms with Gasteiger partial charge in [0.25, 0.3) is 5.91 Å². The van der Waals surface area contributed by atoms with E-state index in [-0.39, 0.29) is 5.91 Å². The number of carbonyl (C=O) groups excluding carboxylic acids is 1. The van der Waals surface area contributed by atoms with Crippen LogP contribution < -0.4 is 5.32 Å². The molecule has 1 unspecified atom stereocenters. The molecule has 0 fully saturated rings. The SMILES string of the molecule is O=C(NCCN1CCc2ccccc2C1)C(O)c1ccccc1. The molecule has 0 radical (unpaired) electrons. The highest BCUT2D eigenvalue weighted by atomic mass is 16.3. The van der Waals surface area contributed by atoms with Crippen molar-refractivity contribution in [1.82, 2.24) is 10.2 Å². The summed E-state index contributed by atoms with van der Waals surface area (Å²) in [4.78, 5) is 14.3. The topological polar surface area (TPSA) is 52.6 Å². The minimum atomic E-state index is -1.10. The maximum absolute atomic E-state index is 12.0. The third-order valence-corrected chi connectivity index (χ3v) is 4.30. The fourth-order valence-electron chi connectivity index (χ4n) is 2.97. The second-order valence-corrected chi connectivity index (χ2v) is 5.90. The van der Waals surface area contributed by atoms with Crippen LogP contribution in [0.2, 0.25) is 0 Å². The monoisotopic (exact) mass is 310 g/mol. The fraction of sp³-hybridized carbons (Fsp3) is 0.316. The van der Waals surface area contributed by atoms with Crippen LogP contribution in [0.1, 0.15) is 22.8 Å². The lowest BCUT2D eigenvalue weighted by Crippen LogP contribution is -2.39. The molecule has 0 saturated carbocycles. The Labute approximate surface area is 136 Å². The summed E-state index contributed by atoms with van der Waals surface area (Å²) >= 11 is 0. The van der Waals surface area contributed by atoms with Crippen LogP contribution in [-0.2, 0) is 17.8 Å². The molecule has 2 aromatic rings. The first-order chi connectivity index (χ1) is 11.2. The van der Waals surface area contributed by atoms with E-state index in [1.807, 2.05) is 18.2 Å². The Morgan fingerprint density at radius 1 is 1.09 bits per heavy atom. The zero-order valence-corrected chi connectivity index (χ0v) is 13.1. The Kier molecular flexibility index (Phi) is 5.05. The van der Waals surface area contributed by atoms with E-state index in [0.29, 0.717) is 12.1 Å². The summed E-state index contributed by atoms with van der Waals surface area (Å²) in [5, 5.41) is 12.9. The van der Waals surface area contributed by atoms with Crippen LogP contribution in [0.4, 0.5) is 0 Å². The van der Waals surface area contributed by atoms with Gasteiger partial charge in [-0.15, -0.1) is 0 Å². The van der Waals surface area contributed by atoms with E-state index < -0.39 is 6.10 Å². The number of aliphatic hydroxyl groups excluding tert-OH is 1. The molecule has 1 atom stereocenters. The lowest BCUT2D eigenvalue weighted by Gasteiger charge is -2.28. The second kappa shape index (κ2) is 7.40. The first-order valence-electron chi connectivity index (χ1n) is 8.04. The van der Waals surface area contributed by atoms with Gasteiger partial charge < -0.3 is 10.4 Å². The van der Waals surface area contributed by atoms with Gasteiger partial charge in [-0.05, 0) is 23.1 Å². The number of hydrogen-bond acceptors (Lipinski definition) is 3. The van der Waals surface area contributed by atoms with Crippen LogP contribution in [0.5, 0.6) is 0 Å². The smallest absolute Gasteiger partial charge is 0.253 e. The summed E-state index contributed by atoms with van der Waals surface area (Å²) in [5.41, 5.74) is 3.42. The normalized spacial score (nSPS) is 15.7. The maximum atomic E-state index is 12.0. The van der Waals surface area contributed by atoms with Crippen molar-refractivity contribution in [3.63, 3.8) is 0 Å². The summed E-state index contributed by atoms with van der Waals surface area (Å²) in [6.07, 6.45) is -0.0465. The zero-order chi connectivity index (χ0) is 16.1. The lowest BCUT2D eigenvalue weighted by molar-refractivity contribution is -0.129. The van der Waals surface area contributed by atoms with Crippen LogP contribution >= 0.6 is 0 Å². The molecule has 1 heterocycles. The highest BCUT2D eigenvalue weighted by Gasteiger charge is 2.18. The largest absolute Gasteiger partial charge is 0.378 e. The Morgan fingerprint density at radius 3 is 2.57 bits per heavy atom. The predicted octanol–water partition coefficient (Wildman–Crippen LogP) is 1.89. The van der Waals surface area contributed by atoms with Crippen LogP contribution in [0.25, 0.3) is 0 Å². The van der Waals surface area contributed by atoms with Crippen LogP contribution in [0.3, 0.4) is 0 Å². The Morgan fingerprint density at radius 2 is 1.78 bits per heavy atom. The molecule has 0 aromatic heterocycles. The molecule has 2 N–H and O–H groups in total. The second-order valence-electron chi connectivity index (χ2n) is 5.90. The van der Waals surface area contributed by atoms with Crippen molar-refractivity contribution in [1.29, 1.82) is 0 Å². The molecule has 1 amide bonds. The first-order valence-corrected chi connectivity index (χ1v) is 8.04. The van der Waals surface area contributed by atoms with Gasteiger partial charge >= 0.3 is 0 Å². The van der Waals surface area contributed by atoms with Crippen LogP contribution in [-0.4, -0.2) is 35.5 Å². The third-order valence-electron chi connectivity index (χ3n) is 4.30. The van der Waals surface area contributed by atoms with E-state index in [4.69, 9.17) is 0 Å². The van der Waals surface area contributed by atoms with Crippen molar-refractivity contribution in [3.05, 3.63) is 71.3 Å². The van der Waals surface area contributed by atoms with E-state index in [9.17, 15) is 9.90 Å².